The molecule has 2 aromatic rings. The highest BCUT2D eigenvalue weighted by molar-refractivity contribution is 7.89. The number of nitrogens with one attached hydrogen (secondary N) is 3. The second-order valence-corrected chi connectivity index (χ2v) is 7.45. The van der Waals surface area contributed by atoms with Gasteiger partial charge in [-0.2, -0.15) is 4.72 Å². The molecule has 0 bridgehead atoms. The van der Waals surface area contributed by atoms with Crippen LogP contribution in [0.25, 0.3) is 0 Å². The van der Waals surface area contributed by atoms with Crippen molar-refractivity contribution in [1.82, 2.24) is 9.71 Å². The van der Waals surface area contributed by atoms with Gasteiger partial charge in [-0.15, -0.1) is 0 Å². The van der Waals surface area contributed by atoms with Crippen LogP contribution in [0.4, 0.5) is 14.5 Å². The molecule has 1 heterocycles. The molecule has 0 radical (unpaired) electrons. The van der Waals surface area contributed by atoms with E-state index in [4.69, 9.17) is 10.5 Å². The van der Waals surface area contributed by atoms with Crippen LogP contribution in [0.3, 0.4) is 0 Å². The molecule has 5 N–H and O–H groups in total. The summed E-state index contributed by atoms with van der Waals surface area (Å²) in [7, 11) is -4.16. The lowest BCUT2D eigenvalue weighted by molar-refractivity contribution is -0.151. The van der Waals surface area contributed by atoms with Crippen LogP contribution in [0, 0.1) is 11.6 Å². The first-order valence-electron chi connectivity index (χ1n) is 7.93. The molecule has 0 aliphatic heterocycles. The van der Waals surface area contributed by atoms with Crippen LogP contribution in [-0.2, 0) is 24.3 Å². The van der Waals surface area contributed by atoms with Crippen LogP contribution in [0.15, 0.2) is 35.4 Å². The first-order valence-corrected chi connectivity index (χ1v) is 9.41. The van der Waals surface area contributed by atoms with E-state index in [0.29, 0.717) is 0 Å². The number of esters is 1. The summed E-state index contributed by atoms with van der Waals surface area (Å²) < 4.78 is 57.4. The molecule has 2 rings (SSSR count). The lowest BCUT2D eigenvalue weighted by Gasteiger charge is -2.14. The number of benzene rings is 1. The van der Waals surface area contributed by atoms with Crippen LogP contribution in [-0.4, -0.2) is 43.8 Å². The van der Waals surface area contributed by atoms with Gasteiger partial charge in [0.1, 0.15) is 28.8 Å². The Hall–Kier alpha value is -3.32. The molecule has 0 unspecified atom stereocenters. The van der Waals surface area contributed by atoms with E-state index >= 15 is 0 Å². The van der Waals surface area contributed by atoms with Crippen LogP contribution >= 0.6 is 0 Å². The van der Waals surface area contributed by atoms with Gasteiger partial charge in [0, 0.05) is 12.3 Å². The summed E-state index contributed by atoms with van der Waals surface area (Å²) in [5, 5.41) is 2.05. The highest BCUT2D eigenvalue weighted by Crippen LogP contribution is 2.16. The molecule has 2 amide bonds. The molecular formula is C16H16F2N4O6S. The van der Waals surface area contributed by atoms with Crippen LogP contribution < -0.4 is 15.8 Å². The molecule has 10 nitrogen and oxygen atoms in total. The normalized spacial score (nSPS) is 12.2. The van der Waals surface area contributed by atoms with Gasteiger partial charge in [0.25, 0.3) is 11.8 Å². The molecule has 0 fully saturated rings. The number of ether oxygens (including phenoxy) is 1. The summed E-state index contributed by atoms with van der Waals surface area (Å²) in [6.07, 6.45) is -0.430. The van der Waals surface area contributed by atoms with Crippen molar-refractivity contribution in [2.45, 2.75) is 17.9 Å². The molecule has 1 aromatic carbocycles. The Morgan fingerprint density at radius 3 is 2.55 bits per heavy atom. The first-order chi connectivity index (χ1) is 13.5. The maximum Gasteiger partial charge on any atom is 0.321 e. The van der Waals surface area contributed by atoms with Gasteiger partial charge in [-0.1, -0.05) is 0 Å². The van der Waals surface area contributed by atoms with Crippen molar-refractivity contribution in [3.63, 3.8) is 0 Å². The Kier molecular flexibility index (Phi) is 6.66. The van der Waals surface area contributed by atoms with Crippen molar-refractivity contribution in [3.05, 3.63) is 47.8 Å². The fourth-order valence-corrected chi connectivity index (χ4v) is 2.99. The van der Waals surface area contributed by atoms with Crippen molar-refractivity contribution in [2.24, 2.45) is 5.73 Å². The molecule has 0 spiro atoms. The van der Waals surface area contributed by atoms with Gasteiger partial charge >= 0.3 is 5.97 Å². The number of aromatic amines is 1. The SMILES string of the molecule is C[C@H](OC(=O)CNS(=O)(=O)c1c[nH]c(C(N)=O)c1)C(=O)Nc1cc(F)ccc1F. The minimum atomic E-state index is -4.16. The Bertz CT molecular complexity index is 1050. The lowest BCUT2D eigenvalue weighted by atomic mass is 10.2. The largest absolute Gasteiger partial charge is 0.452 e. The van der Waals surface area contributed by atoms with Crippen molar-refractivity contribution in [1.29, 1.82) is 0 Å². The predicted octanol–water partition coefficient (Wildman–Crippen LogP) is 0.241. The van der Waals surface area contributed by atoms with Crippen LogP contribution in [0.5, 0.6) is 0 Å². The number of hydrogen-bond acceptors (Lipinski definition) is 6. The summed E-state index contributed by atoms with van der Waals surface area (Å²) >= 11 is 0. The predicted molar refractivity (Wildman–Crippen MR) is 95.0 cm³/mol. The number of carbonyl (C=O) groups excluding carboxylic acids is 3. The monoisotopic (exact) mass is 430 g/mol. The van der Waals surface area contributed by atoms with E-state index in [2.05, 4.69) is 4.98 Å². The van der Waals surface area contributed by atoms with E-state index in [0.717, 1.165) is 37.4 Å². The minimum Gasteiger partial charge on any atom is -0.452 e. The van der Waals surface area contributed by atoms with E-state index in [9.17, 15) is 31.6 Å². The number of aromatic nitrogens is 1. The number of rotatable bonds is 8. The topological polar surface area (TPSA) is 160 Å². The number of sulfonamides is 1. The third-order valence-electron chi connectivity index (χ3n) is 3.50. The van der Waals surface area contributed by atoms with Gasteiger partial charge in [-0.3, -0.25) is 14.4 Å². The number of primary amides is 1. The van der Waals surface area contributed by atoms with Crippen molar-refractivity contribution >= 4 is 33.5 Å². The summed E-state index contributed by atoms with van der Waals surface area (Å²) in [6, 6.07) is 3.38. The van der Waals surface area contributed by atoms with Gasteiger partial charge in [0.15, 0.2) is 6.10 Å². The van der Waals surface area contributed by atoms with E-state index in [-0.39, 0.29) is 10.6 Å². The Morgan fingerprint density at radius 2 is 1.93 bits per heavy atom. The molecule has 29 heavy (non-hydrogen) atoms. The highest BCUT2D eigenvalue weighted by Gasteiger charge is 2.22. The molecule has 156 valence electrons. The quantitative estimate of drug-likeness (QED) is 0.439. The Balaban J connectivity index is 1.91. The van der Waals surface area contributed by atoms with Crippen LogP contribution in [0.2, 0.25) is 0 Å². The number of carbonyl (C=O) groups is 3. The molecule has 0 saturated carbocycles. The van der Waals surface area contributed by atoms with Crippen molar-refractivity contribution < 1.29 is 36.3 Å². The Morgan fingerprint density at radius 1 is 1.24 bits per heavy atom. The summed E-state index contributed by atoms with van der Waals surface area (Å²) in [6.45, 7) is 0.329. The van der Waals surface area contributed by atoms with E-state index in [1.54, 1.807) is 0 Å². The smallest absolute Gasteiger partial charge is 0.321 e. The minimum absolute atomic E-state index is 0.150. The molecule has 0 aliphatic rings. The molecular weight excluding hydrogens is 414 g/mol. The van der Waals surface area contributed by atoms with Crippen LogP contribution in [0.1, 0.15) is 17.4 Å². The zero-order valence-electron chi connectivity index (χ0n) is 14.9. The van der Waals surface area contributed by atoms with Gasteiger partial charge in [-0.05, 0) is 25.1 Å². The fraction of sp³-hybridized carbons (Fsp3) is 0.188. The van der Waals surface area contributed by atoms with Gasteiger partial charge in [-0.25, -0.2) is 17.2 Å². The maximum absolute atomic E-state index is 13.5. The summed E-state index contributed by atoms with van der Waals surface area (Å²) in [5.41, 5.74) is 4.41. The van der Waals surface area contributed by atoms with Gasteiger partial charge in [0.2, 0.25) is 10.0 Å². The summed E-state index contributed by atoms with van der Waals surface area (Å²) in [5.74, 6) is -4.62. The molecule has 0 saturated heterocycles. The molecule has 1 aromatic heterocycles. The second-order valence-electron chi connectivity index (χ2n) is 5.68. The molecule has 13 heteroatoms. The summed E-state index contributed by atoms with van der Waals surface area (Å²) in [4.78, 5) is 36.7. The fourth-order valence-electron chi connectivity index (χ4n) is 2.03. The zero-order chi connectivity index (χ0) is 21.8. The third kappa shape index (κ3) is 5.83. The second kappa shape index (κ2) is 8.79. The first kappa shape index (κ1) is 22.0. The standard InChI is InChI=1S/C16H16F2N4O6S/c1-8(16(25)22-12-4-9(17)2-3-11(12)18)28-14(23)7-21-29(26,27)10-5-13(15(19)24)20-6-10/h2-6,8,20-21H,7H2,1H3,(H2,19,24)(H,22,25)/t8-/m0/s1. The third-order valence-corrected chi connectivity index (χ3v) is 4.88. The van der Waals surface area contributed by atoms with E-state index < -0.39 is 57.8 Å². The van der Waals surface area contributed by atoms with Gasteiger partial charge < -0.3 is 20.8 Å². The number of amides is 2. The number of H-pyrrole nitrogens is 1. The number of halogens is 2. The number of hydrogen-bond donors (Lipinski definition) is 4. The average Bonchev–Trinajstić information content (AvgIpc) is 3.14. The van der Waals surface area contributed by atoms with Gasteiger partial charge in [0.05, 0.1) is 5.69 Å². The van der Waals surface area contributed by atoms with Crippen molar-refractivity contribution in [2.75, 3.05) is 11.9 Å². The number of nitrogens with two attached hydrogens (primary N) is 1. The molecule has 1 atom stereocenters. The average molecular weight is 430 g/mol. The van der Waals surface area contributed by atoms with Crippen molar-refractivity contribution in [3.8, 4) is 0 Å². The van der Waals surface area contributed by atoms with E-state index in [1.165, 1.54) is 0 Å². The maximum atomic E-state index is 13.5. The Labute approximate surface area is 163 Å². The van der Waals surface area contributed by atoms with E-state index in [1.807, 2.05) is 10.0 Å². The zero-order valence-corrected chi connectivity index (χ0v) is 15.7. The highest BCUT2D eigenvalue weighted by atomic mass is 32.2. The molecule has 0 aliphatic carbocycles. The lowest BCUT2D eigenvalue weighted by Crippen LogP contribution is -2.35. The number of anilines is 1.